The first-order valence-corrected chi connectivity index (χ1v) is 5.52. The molecule has 3 rings (SSSR count). The van der Waals surface area contributed by atoms with Crippen molar-refractivity contribution in [1.29, 1.82) is 0 Å². The molecule has 0 aliphatic carbocycles. The molecule has 5 nitrogen and oxygen atoms in total. The number of methoxy groups -OCH3 is 1. The molecule has 0 radical (unpaired) electrons. The van der Waals surface area contributed by atoms with Crippen molar-refractivity contribution in [2.75, 3.05) is 12.8 Å². The van der Waals surface area contributed by atoms with Crippen LogP contribution in [0.25, 0.3) is 16.9 Å². The average Bonchev–Trinajstić information content (AvgIpc) is 2.87. The minimum atomic E-state index is 0.583. The lowest BCUT2D eigenvalue weighted by molar-refractivity contribution is 0.415. The van der Waals surface area contributed by atoms with E-state index >= 15 is 0 Å². The first-order valence-electron chi connectivity index (χ1n) is 5.52. The molecular formula is C13H12N4O. The van der Waals surface area contributed by atoms with E-state index in [2.05, 4.69) is 10.1 Å². The summed E-state index contributed by atoms with van der Waals surface area (Å²) in [5, 5.41) is 4.24. The number of benzene rings is 1. The zero-order valence-corrected chi connectivity index (χ0v) is 9.87. The second-order valence-corrected chi connectivity index (χ2v) is 3.90. The Bertz CT molecular complexity index is 705. The zero-order valence-electron chi connectivity index (χ0n) is 9.87. The van der Waals surface area contributed by atoms with Crippen molar-refractivity contribution in [2.45, 2.75) is 0 Å². The maximum atomic E-state index is 6.01. The predicted molar refractivity (Wildman–Crippen MR) is 69.4 cm³/mol. The zero-order chi connectivity index (χ0) is 12.5. The average molecular weight is 240 g/mol. The van der Waals surface area contributed by atoms with Crippen LogP contribution in [0.2, 0.25) is 0 Å². The van der Waals surface area contributed by atoms with Gasteiger partial charge in [0.1, 0.15) is 5.75 Å². The van der Waals surface area contributed by atoms with Crippen molar-refractivity contribution in [3.8, 4) is 17.0 Å². The number of hydrogen-bond acceptors (Lipinski definition) is 4. The number of fused-ring (bicyclic) bond motifs is 1. The summed E-state index contributed by atoms with van der Waals surface area (Å²) in [5.74, 6) is 0.781. The van der Waals surface area contributed by atoms with Crippen LogP contribution in [-0.4, -0.2) is 21.7 Å². The van der Waals surface area contributed by atoms with E-state index in [-0.39, 0.29) is 0 Å². The Balaban J connectivity index is 2.29. The minimum absolute atomic E-state index is 0.583. The second kappa shape index (κ2) is 4.03. The molecule has 2 heterocycles. The van der Waals surface area contributed by atoms with Crippen molar-refractivity contribution < 1.29 is 4.74 Å². The maximum Gasteiger partial charge on any atom is 0.155 e. The highest BCUT2D eigenvalue weighted by Crippen LogP contribution is 2.28. The monoisotopic (exact) mass is 240 g/mol. The van der Waals surface area contributed by atoms with Crippen molar-refractivity contribution in [2.24, 2.45) is 0 Å². The number of aromatic nitrogens is 3. The second-order valence-electron chi connectivity index (χ2n) is 3.90. The third-order valence-corrected chi connectivity index (χ3v) is 2.79. The maximum absolute atomic E-state index is 6.01. The van der Waals surface area contributed by atoms with E-state index in [9.17, 15) is 0 Å². The molecule has 5 heteroatoms. The molecule has 18 heavy (non-hydrogen) atoms. The quantitative estimate of drug-likeness (QED) is 0.744. The van der Waals surface area contributed by atoms with Gasteiger partial charge in [0.15, 0.2) is 5.65 Å². The van der Waals surface area contributed by atoms with Gasteiger partial charge < -0.3 is 10.5 Å². The first-order chi connectivity index (χ1) is 8.79. The van der Waals surface area contributed by atoms with Gasteiger partial charge in [-0.25, -0.2) is 9.50 Å². The summed E-state index contributed by atoms with van der Waals surface area (Å²) >= 11 is 0. The lowest BCUT2D eigenvalue weighted by atomic mass is 10.1. The number of ether oxygens (including phenoxy) is 1. The summed E-state index contributed by atoms with van der Waals surface area (Å²) in [6.07, 6.45) is 3.34. The van der Waals surface area contributed by atoms with Crippen LogP contribution in [0.4, 0.5) is 5.69 Å². The molecule has 0 aliphatic heterocycles. The molecule has 90 valence electrons. The third-order valence-electron chi connectivity index (χ3n) is 2.79. The molecule has 0 unspecified atom stereocenters. The van der Waals surface area contributed by atoms with Crippen molar-refractivity contribution >= 4 is 11.3 Å². The van der Waals surface area contributed by atoms with Crippen LogP contribution in [0.5, 0.6) is 5.75 Å². The highest BCUT2D eigenvalue weighted by atomic mass is 16.5. The van der Waals surface area contributed by atoms with Crippen LogP contribution in [0.3, 0.4) is 0 Å². The molecule has 3 aromatic rings. The van der Waals surface area contributed by atoms with Gasteiger partial charge in [-0.3, -0.25) is 0 Å². The Labute approximate surface area is 104 Å². The normalized spacial score (nSPS) is 10.7. The standard InChI is InChI=1S/C13H12N4O/c1-18-10-4-2-3-9(7-10)13-11(14)8-15-12-5-6-16-17(12)13/h2-8H,14H2,1H3. The SMILES string of the molecule is COc1cccc(-c2c(N)cnc3ccnn23)c1. The van der Waals surface area contributed by atoms with Crippen LogP contribution in [0, 0.1) is 0 Å². The van der Waals surface area contributed by atoms with Gasteiger partial charge in [0, 0.05) is 11.6 Å². The molecular weight excluding hydrogens is 228 g/mol. The lowest BCUT2D eigenvalue weighted by Gasteiger charge is -2.09. The fraction of sp³-hybridized carbons (Fsp3) is 0.0769. The number of anilines is 1. The summed E-state index contributed by atoms with van der Waals surface area (Å²) in [4.78, 5) is 4.21. The van der Waals surface area contributed by atoms with Crippen molar-refractivity contribution in [3.63, 3.8) is 0 Å². The number of nitrogens with zero attached hydrogens (tertiary/aromatic N) is 3. The summed E-state index contributed by atoms with van der Waals surface area (Å²) in [6, 6.07) is 9.54. The fourth-order valence-electron chi connectivity index (χ4n) is 1.94. The number of nitrogen functional groups attached to an aromatic ring is 1. The predicted octanol–water partition coefficient (Wildman–Crippen LogP) is 1.99. The van der Waals surface area contributed by atoms with Crippen molar-refractivity contribution in [3.05, 3.63) is 42.7 Å². The molecule has 1 aromatic carbocycles. The van der Waals surface area contributed by atoms with Crippen LogP contribution in [0.15, 0.2) is 42.7 Å². The Morgan fingerprint density at radius 2 is 2.17 bits per heavy atom. The number of rotatable bonds is 2. The van der Waals surface area contributed by atoms with E-state index in [0.717, 1.165) is 22.7 Å². The van der Waals surface area contributed by atoms with Crippen LogP contribution in [-0.2, 0) is 0 Å². The molecule has 0 atom stereocenters. The molecule has 0 fully saturated rings. The largest absolute Gasteiger partial charge is 0.497 e. The fourth-order valence-corrected chi connectivity index (χ4v) is 1.94. The van der Waals surface area contributed by atoms with Gasteiger partial charge in [-0.05, 0) is 12.1 Å². The van der Waals surface area contributed by atoms with E-state index in [1.165, 1.54) is 0 Å². The Morgan fingerprint density at radius 3 is 3.00 bits per heavy atom. The highest BCUT2D eigenvalue weighted by Gasteiger charge is 2.10. The number of nitrogens with two attached hydrogens (primary N) is 1. The molecule has 0 bridgehead atoms. The van der Waals surface area contributed by atoms with Gasteiger partial charge in [0.25, 0.3) is 0 Å². The Morgan fingerprint density at radius 1 is 1.28 bits per heavy atom. The Kier molecular flexibility index (Phi) is 2.37. The topological polar surface area (TPSA) is 65.4 Å². The van der Waals surface area contributed by atoms with E-state index in [1.807, 2.05) is 30.3 Å². The molecule has 2 N–H and O–H groups in total. The van der Waals surface area contributed by atoms with Gasteiger partial charge in [-0.1, -0.05) is 12.1 Å². The molecule has 0 amide bonds. The highest BCUT2D eigenvalue weighted by molar-refractivity contribution is 5.75. The third kappa shape index (κ3) is 1.57. The van der Waals surface area contributed by atoms with E-state index < -0.39 is 0 Å². The van der Waals surface area contributed by atoms with Crippen molar-refractivity contribution in [1.82, 2.24) is 14.6 Å². The van der Waals surface area contributed by atoms with E-state index in [0.29, 0.717) is 5.69 Å². The van der Waals surface area contributed by atoms with Crippen LogP contribution in [0.1, 0.15) is 0 Å². The van der Waals surface area contributed by atoms with Gasteiger partial charge in [0.05, 0.1) is 30.9 Å². The summed E-state index contributed by atoms with van der Waals surface area (Å²) in [7, 11) is 1.64. The molecule has 2 aromatic heterocycles. The summed E-state index contributed by atoms with van der Waals surface area (Å²) in [6.45, 7) is 0. The van der Waals surface area contributed by atoms with Crippen LogP contribution < -0.4 is 10.5 Å². The van der Waals surface area contributed by atoms with Gasteiger partial charge in [-0.2, -0.15) is 5.10 Å². The molecule has 0 saturated heterocycles. The summed E-state index contributed by atoms with van der Waals surface area (Å²) < 4.78 is 6.95. The Hall–Kier alpha value is -2.56. The number of hydrogen-bond donors (Lipinski definition) is 1. The van der Waals surface area contributed by atoms with Gasteiger partial charge in [-0.15, -0.1) is 0 Å². The van der Waals surface area contributed by atoms with Crippen LogP contribution >= 0.6 is 0 Å². The molecule has 0 spiro atoms. The lowest BCUT2D eigenvalue weighted by Crippen LogP contribution is -2.01. The first kappa shape index (κ1) is 10.6. The van der Waals surface area contributed by atoms with E-state index in [4.69, 9.17) is 10.5 Å². The smallest absolute Gasteiger partial charge is 0.155 e. The molecule has 0 aliphatic rings. The minimum Gasteiger partial charge on any atom is -0.497 e. The molecule has 0 saturated carbocycles. The van der Waals surface area contributed by atoms with Gasteiger partial charge in [0.2, 0.25) is 0 Å². The van der Waals surface area contributed by atoms with Gasteiger partial charge >= 0.3 is 0 Å². The summed E-state index contributed by atoms with van der Waals surface area (Å²) in [5.41, 5.74) is 9.12. The van der Waals surface area contributed by atoms with E-state index in [1.54, 1.807) is 24.0 Å².